The van der Waals surface area contributed by atoms with Crippen molar-refractivity contribution < 1.29 is 4.39 Å². The van der Waals surface area contributed by atoms with Crippen LogP contribution in [0.2, 0.25) is 0 Å². The van der Waals surface area contributed by atoms with Gasteiger partial charge in [-0.05, 0) is 24.7 Å². The lowest BCUT2D eigenvalue weighted by Gasteiger charge is -2.17. The zero-order chi connectivity index (χ0) is 15.5. The molecule has 0 aliphatic heterocycles. The highest BCUT2D eigenvalue weighted by Crippen LogP contribution is 2.27. The van der Waals surface area contributed by atoms with Gasteiger partial charge in [0.05, 0.1) is 10.7 Å². The summed E-state index contributed by atoms with van der Waals surface area (Å²) < 4.78 is 13.4. The number of thiazole rings is 1. The number of benzene rings is 1. The third-order valence-corrected chi connectivity index (χ3v) is 4.38. The third kappa shape index (κ3) is 4.35. The monoisotopic (exact) mass is 306 g/mol. The molecule has 2 rings (SSSR count). The number of nitrogens with one attached hydrogen (secondary N) is 1. The molecule has 1 aromatic heterocycles. The van der Waals surface area contributed by atoms with Gasteiger partial charge in [-0.25, -0.2) is 9.37 Å². The van der Waals surface area contributed by atoms with Crippen molar-refractivity contribution in [1.82, 2.24) is 10.3 Å². The Hall–Kier alpha value is -1.26. The van der Waals surface area contributed by atoms with Gasteiger partial charge in [-0.15, -0.1) is 11.3 Å². The summed E-state index contributed by atoms with van der Waals surface area (Å²) >= 11 is 1.70. The highest BCUT2D eigenvalue weighted by molar-refractivity contribution is 7.09. The predicted octanol–water partition coefficient (Wildman–Crippen LogP) is 4.13. The van der Waals surface area contributed by atoms with E-state index in [0.717, 1.165) is 29.2 Å². The second-order valence-electron chi connectivity index (χ2n) is 6.39. The van der Waals surface area contributed by atoms with Gasteiger partial charge in [0.15, 0.2) is 0 Å². The van der Waals surface area contributed by atoms with Gasteiger partial charge >= 0.3 is 0 Å². The number of rotatable bonds is 5. The molecular weight excluding hydrogens is 283 g/mol. The zero-order valence-corrected chi connectivity index (χ0v) is 13.9. The number of likely N-dealkylation sites (N-methyl/N-ethyl adjacent to an activating group) is 1. The second-order valence-corrected chi connectivity index (χ2v) is 7.33. The van der Waals surface area contributed by atoms with E-state index in [-0.39, 0.29) is 17.2 Å². The van der Waals surface area contributed by atoms with Crippen molar-refractivity contribution in [2.45, 2.75) is 38.5 Å². The minimum Gasteiger partial charge on any atom is -0.319 e. The average Bonchev–Trinajstić information content (AvgIpc) is 2.87. The molecule has 0 radical (unpaired) electrons. The quantitative estimate of drug-likeness (QED) is 0.898. The van der Waals surface area contributed by atoms with Crippen LogP contribution in [-0.2, 0) is 11.8 Å². The molecule has 2 nitrogen and oxygen atoms in total. The molecule has 0 spiro atoms. The number of hydrogen-bond donors (Lipinski definition) is 1. The van der Waals surface area contributed by atoms with Crippen LogP contribution in [0.15, 0.2) is 29.6 Å². The van der Waals surface area contributed by atoms with Crippen molar-refractivity contribution in [2.75, 3.05) is 13.6 Å². The molecule has 0 bridgehead atoms. The van der Waals surface area contributed by atoms with Crippen molar-refractivity contribution >= 4 is 11.3 Å². The molecule has 4 heteroatoms. The molecular formula is C17H23FN2S. The maximum absolute atomic E-state index is 13.4. The summed E-state index contributed by atoms with van der Waals surface area (Å²) in [6, 6.07) is 6.88. The highest BCUT2D eigenvalue weighted by Gasteiger charge is 2.19. The Bertz CT molecular complexity index is 586. The van der Waals surface area contributed by atoms with Crippen LogP contribution in [0.4, 0.5) is 4.39 Å². The van der Waals surface area contributed by atoms with Crippen LogP contribution in [0.5, 0.6) is 0 Å². The van der Waals surface area contributed by atoms with E-state index in [2.05, 4.69) is 31.5 Å². The summed E-state index contributed by atoms with van der Waals surface area (Å²) in [5, 5.41) is 6.45. The predicted molar refractivity (Wildman–Crippen MR) is 87.6 cm³/mol. The van der Waals surface area contributed by atoms with Crippen molar-refractivity contribution in [3.8, 4) is 0 Å². The summed E-state index contributed by atoms with van der Waals surface area (Å²) in [6.07, 6.45) is 0.838. The van der Waals surface area contributed by atoms with Gasteiger partial charge in [0, 0.05) is 29.7 Å². The molecule has 21 heavy (non-hydrogen) atoms. The Labute approximate surface area is 130 Å². The average molecular weight is 306 g/mol. The first kappa shape index (κ1) is 16.1. The normalized spacial score (nSPS) is 13.4. The SMILES string of the molecule is CNCC(Cc1nc(C(C)(C)C)cs1)c1cccc(F)c1. The summed E-state index contributed by atoms with van der Waals surface area (Å²) in [5.74, 6) is 0.0628. The van der Waals surface area contributed by atoms with Gasteiger partial charge in [-0.1, -0.05) is 32.9 Å². The summed E-state index contributed by atoms with van der Waals surface area (Å²) in [7, 11) is 1.93. The van der Waals surface area contributed by atoms with Crippen molar-refractivity contribution in [3.05, 3.63) is 51.7 Å². The van der Waals surface area contributed by atoms with Crippen molar-refractivity contribution in [1.29, 1.82) is 0 Å². The first-order chi connectivity index (χ1) is 9.90. The van der Waals surface area contributed by atoms with Gasteiger partial charge in [0.1, 0.15) is 5.82 Å². The Balaban J connectivity index is 2.18. The van der Waals surface area contributed by atoms with Crippen LogP contribution in [0.1, 0.15) is 43.0 Å². The lowest BCUT2D eigenvalue weighted by atomic mass is 9.93. The molecule has 0 aliphatic carbocycles. The Morgan fingerprint density at radius 2 is 2.10 bits per heavy atom. The second kappa shape index (κ2) is 6.67. The van der Waals surface area contributed by atoms with Gasteiger partial charge in [-0.3, -0.25) is 0 Å². The lowest BCUT2D eigenvalue weighted by molar-refractivity contribution is 0.565. The Kier molecular flexibility index (Phi) is 5.12. The van der Waals surface area contributed by atoms with Crippen LogP contribution in [-0.4, -0.2) is 18.6 Å². The molecule has 0 fully saturated rings. The fourth-order valence-corrected chi connectivity index (χ4v) is 3.38. The summed E-state index contributed by atoms with van der Waals surface area (Å²) in [6.45, 7) is 7.32. The molecule has 1 atom stereocenters. The first-order valence-electron chi connectivity index (χ1n) is 7.25. The van der Waals surface area contributed by atoms with Gasteiger partial charge in [-0.2, -0.15) is 0 Å². The van der Waals surface area contributed by atoms with E-state index < -0.39 is 0 Å². The van der Waals surface area contributed by atoms with Crippen LogP contribution in [0, 0.1) is 5.82 Å². The van der Waals surface area contributed by atoms with Crippen molar-refractivity contribution in [3.63, 3.8) is 0 Å². The van der Waals surface area contributed by atoms with E-state index >= 15 is 0 Å². The maximum Gasteiger partial charge on any atom is 0.123 e. The summed E-state index contributed by atoms with van der Waals surface area (Å²) in [4.78, 5) is 4.75. The largest absolute Gasteiger partial charge is 0.319 e. The molecule has 0 amide bonds. The van der Waals surface area contributed by atoms with Gasteiger partial charge < -0.3 is 5.32 Å². The standard InChI is InChI=1S/C17H23FN2S/c1-17(2,3)15-11-21-16(20-15)9-13(10-19-4)12-6-5-7-14(18)8-12/h5-8,11,13,19H,9-10H2,1-4H3. The first-order valence-corrected chi connectivity index (χ1v) is 8.13. The molecule has 0 saturated carbocycles. The van der Waals surface area contributed by atoms with E-state index in [1.165, 1.54) is 6.07 Å². The van der Waals surface area contributed by atoms with E-state index in [1.807, 2.05) is 13.1 Å². The van der Waals surface area contributed by atoms with E-state index in [4.69, 9.17) is 4.98 Å². The van der Waals surface area contributed by atoms with Gasteiger partial charge in [0.25, 0.3) is 0 Å². The molecule has 1 unspecified atom stereocenters. The molecule has 114 valence electrons. The number of aromatic nitrogens is 1. The van der Waals surface area contributed by atoms with E-state index in [0.29, 0.717) is 0 Å². The molecule has 0 aliphatic rings. The topological polar surface area (TPSA) is 24.9 Å². The number of halogens is 1. The molecule has 2 aromatic rings. The van der Waals surface area contributed by atoms with Crippen LogP contribution in [0.25, 0.3) is 0 Å². The molecule has 0 saturated heterocycles. The Morgan fingerprint density at radius 3 is 2.67 bits per heavy atom. The van der Waals surface area contributed by atoms with Crippen LogP contribution < -0.4 is 5.32 Å². The van der Waals surface area contributed by atoms with Crippen LogP contribution >= 0.6 is 11.3 Å². The smallest absolute Gasteiger partial charge is 0.123 e. The van der Waals surface area contributed by atoms with Gasteiger partial charge in [0.2, 0.25) is 0 Å². The van der Waals surface area contributed by atoms with Crippen molar-refractivity contribution in [2.24, 2.45) is 0 Å². The number of hydrogen-bond acceptors (Lipinski definition) is 3. The molecule has 1 aromatic carbocycles. The van der Waals surface area contributed by atoms with Crippen LogP contribution in [0.3, 0.4) is 0 Å². The third-order valence-electron chi connectivity index (χ3n) is 3.51. The van der Waals surface area contributed by atoms with E-state index in [1.54, 1.807) is 23.5 Å². The fraction of sp³-hybridized carbons (Fsp3) is 0.471. The minimum absolute atomic E-state index is 0.0755. The maximum atomic E-state index is 13.4. The molecule has 1 heterocycles. The highest BCUT2D eigenvalue weighted by atomic mass is 32.1. The fourth-order valence-electron chi connectivity index (χ4n) is 2.27. The summed E-state index contributed by atoms with van der Waals surface area (Å²) in [5.41, 5.74) is 2.23. The molecule has 1 N–H and O–H groups in total. The van der Waals surface area contributed by atoms with E-state index in [9.17, 15) is 4.39 Å². The zero-order valence-electron chi connectivity index (χ0n) is 13.1. The lowest BCUT2D eigenvalue weighted by Crippen LogP contribution is -2.19. The Morgan fingerprint density at radius 1 is 1.33 bits per heavy atom. The number of nitrogens with zero attached hydrogens (tertiary/aromatic N) is 1. The minimum atomic E-state index is -0.178.